The zero-order valence-electron chi connectivity index (χ0n) is 11.5. The molecule has 0 amide bonds. The van der Waals surface area contributed by atoms with Gasteiger partial charge < -0.3 is 9.80 Å². The molecule has 0 aliphatic carbocycles. The molecule has 0 atom stereocenters. The summed E-state index contributed by atoms with van der Waals surface area (Å²) in [5.41, 5.74) is 2.18. The van der Waals surface area contributed by atoms with Gasteiger partial charge in [-0.15, -0.1) is 5.10 Å². The summed E-state index contributed by atoms with van der Waals surface area (Å²) in [6.45, 7) is 0. The van der Waals surface area contributed by atoms with Gasteiger partial charge in [0, 0.05) is 46.5 Å². The lowest BCUT2D eigenvalue weighted by molar-refractivity contribution is 0.753. The predicted molar refractivity (Wildman–Crippen MR) is 75.1 cm³/mol. The largest absolute Gasteiger partial charge is 0.378 e. The molecule has 0 radical (unpaired) electrons. The second-order valence-electron chi connectivity index (χ2n) is 4.70. The molecule has 0 spiro atoms. The van der Waals surface area contributed by atoms with Crippen LogP contribution in [0.4, 0.5) is 11.6 Å². The second-order valence-corrected chi connectivity index (χ2v) is 4.70. The molecule has 0 aliphatic rings. The van der Waals surface area contributed by atoms with E-state index < -0.39 is 0 Å². The van der Waals surface area contributed by atoms with Gasteiger partial charge in [-0.25, -0.2) is 4.68 Å². The number of hydrogen-bond donors (Lipinski definition) is 0. The fraction of sp³-hybridized carbons (Fsp3) is 0.385. The maximum Gasteiger partial charge on any atom is 0.223 e. The van der Waals surface area contributed by atoms with Gasteiger partial charge in [-0.3, -0.25) is 0 Å². The summed E-state index contributed by atoms with van der Waals surface area (Å²) in [7, 11) is 9.88. The van der Waals surface area contributed by atoms with Crippen LogP contribution in [0.3, 0.4) is 0 Å². The van der Waals surface area contributed by atoms with Crippen LogP contribution in [0, 0.1) is 0 Å². The molecule has 2 aromatic rings. The number of nitrogens with zero attached hydrogens (tertiary/aromatic N) is 5. The highest BCUT2D eigenvalue weighted by molar-refractivity contribution is 5.63. The lowest BCUT2D eigenvalue weighted by Gasteiger charge is -2.12. The monoisotopic (exact) mass is 245 g/mol. The standard InChI is InChI=1S/C13H19N5/c1-16(2)11-8-6-7-10(9-11)12-14-13(17(3)4)18(5)15-12/h6-9H,1-5H3. The Kier molecular flexibility index (Phi) is 3.23. The highest BCUT2D eigenvalue weighted by atomic mass is 15.4. The molecule has 5 nitrogen and oxygen atoms in total. The molecule has 96 valence electrons. The van der Waals surface area contributed by atoms with Crippen molar-refractivity contribution in [3.8, 4) is 11.4 Å². The Morgan fingerprint density at radius 1 is 1.06 bits per heavy atom. The molecule has 1 heterocycles. The minimum atomic E-state index is 0.755. The number of rotatable bonds is 3. The third-order valence-corrected chi connectivity index (χ3v) is 2.76. The van der Waals surface area contributed by atoms with Crippen molar-refractivity contribution in [2.45, 2.75) is 0 Å². The van der Waals surface area contributed by atoms with Gasteiger partial charge in [0.05, 0.1) is 0 Å². The van der Waals surface area contributed by atoms with E-state index >= 15 is 0 Å². The van der Waals surface area contributed by atoms with E-state index in [-0.39, 0.29) is 0 Å². The summed E-state index contributed by atoms with van der Waals surface area (Å²) in [6.07, 6.45) is 0. The van der Waals surface area contributed by atoms with Gasteiger partial charge in [0.1, 0.15) is 0 Å². The van der Waals surface area contributed by atoms with Gasteiger partial charge in [0.2, 0.25) is 5.95 Å². The first kappa shape index (κ1) is 12.4. The molecular formula is C13H19N5. The third-order valence-electron chi connectivity index (χ3n) is 2.76. The van der Waals surface area contributed by atoms with Crippen LogP contribution < -0.4 is 9.80 Å². The van der Waals surface area contributed by atoms with E-state index in [1.807, 2.05) is 52.3 Å². The summed E-state index contributed by atoms with van der Waals surface area (Å²) in [5, 5.41) is 4.45. The van der Waals surface area contributed by atoms with Crippen LogP contribution in [-0.2, 0) is 7.05 Å². The molecule has 2 rings (SSSR count). The van der Waals surface area contributed by atoms with E-state index in [0.29, 0.717) is 0 Å². The van der Waals surface area contributed by atoms with E-state index in [4.69, 9.17) is 0 Å². The Morgan fingerprint density at radius 3 is 2.33 bits per heavy atom. The van der Waals surface area contributed by atoms with Gasteiger partial charge in [0.15, 0.2) is 5.82 Å². The number of benzene rings is 1. The van der Waals surface area contributed by atoms with Crippen molar-refractivity contribution in [3.05, 3.63) is 24.3 Å². The number of anilines is 2. The Hall–Kier alpha value is -2.04. The van der Waals surface area contributed by atoms with Gasteiger partial charge in [-0.1, -0.05) is 12.1 Å². The zero-order chi connectivity index (χ0) is 13.3. The van der Waals surface area contributed by atoms with Gasteiger partial charge in [-0.2, -0.15) is 4.98 Å². The van der Waals surface area contributed by atoms with Gasteiger partial charge in [-0.05, 0) is 12.1 Å². The van der Waals surface area contributed by atoms with E-state index in [2.05, 4.69) is 27.1 Å². The number of hydrogen-bond acceptors (Lipinski definition) is 4. The van der Waals surface area contributed by atoms with Gasteiger partial charge >= 0.3 is 0 Å². The molecule has 0 bridgehead atoms. The van der Waals surface area contributed by atoms with Crippen molar-refractivity contribution in [2.24, 2.45) is 7.05 Å². The Labute approximate surface area is 108 Å². The lowest BCUT2D eigenvalue weighted by atomic mass is 10.2. The molecule has 0 unspecified atom stereocenters. The summed E-state index contributed by atoms with van der Waals surface area (Å²) < 4.78 is 1.79. The van der Waals surface area contributed by atoms with Crippen molar-refractivity contribution in [1.82, 2.24) is 14.8 Å². The van der Waals surface area contributed by atoms with Crippen LogP contribution in [0.1, 0.15) is 0 Å². The van der Waals surface area contributed by atoms with Crippen LogP contribution in [0.5, 0.6) is 0 Å². The number of aryl methyl sites for hydroxylation is 1. The normalized spacial score (nSPS) is 10.5. The maximum atomic E-state index is 4.54. The van der Waals surface area contributed by atoms with Crippen LogP contribution in [0.25, 0.3) is 11.4 Å². The van der Waals surface area contributed by atoms with E-state index in [1.165, 1.54) is 0 Å². The fourth-order valence-corrected chi connectivity index (χ4v) is 1.81. The average molecular weight is 245 g/mol. The average Bonchev–Trinajstić information content (AvgIpc) is 2.71. The molecule has 18 heavy (non-hydrogen) atoms. The molecular weight excluding hydrogens is 226 g/mol. The quantitative estimate of drug-likeness (QED) is 0.823. The smallest absolute Gasteiger partial charge is 0.223 e. The summed E-state index contributed by atoms with van der Waals surface area (Å²) in [5.74, 6) is 1.60. The van der Waals surface area contributed by atoms with Crippen molar-refractivity contribution in [1.29, 1.82) is 0 Å². The van der Waals surface area contributed by atoms with E-state index in [0.717, 1.165) is 23.0 Å². The van der Waals surface area contributed by atoms with Crippen LogP contribution in [0.15, 0.2) is 24.3 Å². The molecule has 1 aromatic heterocycles. The first-order valence-electron chi connectivity index (χ1n) is 5.85. The predicted octanol–water partition coefficient (Wildman–Crippen LogP) is 1.61. The van der Waals surface area contributed by atoms with Crippen molar-refractivity contribution in [2.75, 3.05) is 38.0 Å². The summed E-state index contributed by atoms with van der Waals surface area (Å²) in [6, 6.07) is 8.21. The molecule has 0 saturated carbocycles. The van der Waals surface area contributed by atoms with Crippen LogP contribution in [-0.4, -0.2) is 43.0 Å². The Bertz CT molecular complexity index is 542. The van der Waals surface area contributed by atoms with E-state index in [1.54, 1.807) is 4.68 Å². The second kappa shape index (κ2) is 4.68. The topological polar surface area (TPSA) is 37.2 Å². The first-order chi connectivity index (χ1) is 8.49. The Balaban J connectivity index is 2.42. The molecule has 0 aliphatic heterocycles. The summed E-state index contributed by atoms with van der Waals surface area (Å²) in [4.78, 5) is 8.56. The summed E-state index contributed by atoms with van der Waals surface area (Å²) >= 11 is 0. The maximum absolute atomic E-state index is 4.54. The highest BCUT2D eigenvalue weighted by Gasteiger charge is 2.11. The molecule has 1 aromatic carbocycles. The van der Waals surface area contributed by atoms with Crippen molar-refractivity contribution in [3.63, 3.8) is 0 Å². The zero-order valence-corrected chi connectivity index (χ0v) is 11.5. The van der Waals surface area contributed by atoms with Crippen molar-refractivity contribution < 1.29 is 0 Å². The van der Waals surface area contributed by atoms with Crippen LogP contribution >= 0.6 is 0 Å². The van der Waals surface area contributed by atoms with E-state index in [9.17, 15) is 0 Å². The van der Waals surface area contributed by atoms with Crippen LogP contribution in [0.2, 0.25) is 0 Å². The van der Waals surface area contributed by atoms with Gasteiger partial charge in [0.25, 0.3) is 0 Å². The van der Waals surface area contributed by atoms with Crippen molar-refractivity contribution >= 4 is 11.6 Å². The highest BCUT2D eigenvalue weighted by Crippen LogP contribution is 2.22. The molecule has 5 heteroatoms. The fourth-order valence-electron chi connectivity index (χ4n) is 1.81. The number of aromatic nitrogens is 3. The SMILES string of the molecule is CN(C)c1cccc(-c2nc(N(C)C)n(C)n2)c1. The minimum Gasteiger partial charge on any atom is -0.378 e. The molecule has 0 fully saturated rings. The molecule has 0 saturated heterocycles. The minimum absolute atomic E-state index is 0.755. The first-order valence-corrected chi connectivity index (χ1v) is 5.85. The third kappa shape index (κ3) is 2.30. The molecule has 0 N–H and O–H groups in total. The lowest BCUT2D eigenvalue weighted by Crippen LogP contribution is -2.14. The Morgan fingerprint density at radius 2 is 1.78 bits per heavy atom.